The Morgan fingerprint density at radius 1 is 1.37 bits per heavy atom. The van der Waals surface area contributed by atoms with Gasteiger partial charge in [-0.3, -0.25) is 4.79 Å². The highest BCUT2D eigenvalue weighted by Gasteiger charge is 2.08. The normalized spacial score (nSPS) is 9.84. The summed E-state index contributed by atoms with van der Waals surface area (Å²) in [7, 11) is 0. The SMILES string of the molecule is N#Cc1cccc(Cn2ccc(=O)c(C(=O)O)c2)c1. The number of nitriles is 1. The van der Waals surface area contributed by atoms with Gasteiger partial charge in [0.05, 0.1) is 11.6 Å². The highest BCUT2D eigenvalue weighted by Crippen LogP contribution is 2.06. The van der Waals surface area contributed by atoms with Gasteiger partial charge >= 0.3 is 5.97 Å². The lowest BCUT2D eigenvalue weighted by atomic mass is 10.1. The van der Waals surface area contributed by atoms with Crippen LogP contribution in [0, 0.1) is 11.3 Å². The standard InChI is InChI=1S/C14H10N2O3/c15-7-10-2-1-3-11(6-10)8-16-5-4-13(17)12(9-16)14(18)19/h1-6,9H,8H2,(H,18,19). The summed E-state index contributed by atoms with van der Waals surface area (Å²) in [5.41, 5.74) is 0.615. The number of hydrogen-bond acceptors (Lipinski definition) is 3. The van der Waals surface area contributed by atoms with Gasteiger partial charge in [0.1, 0.15) is 5.56 Å². The Labute approximate surface area is 109 Å². The fourth-order valence-corrected chi connectivity index (χ4v) is 1.73. The zero-order chi connectivity index (χ0) is 13.8. The zero-order valence-corrected chi connectivity index (χ0v) is 9.91. The number of benzene rings is 1. The lowest BCUT2D eigenvalue weighted by Crippen LogP contribution is -2.16. The van der Waals surface area contributed by atoms with Gasteiger partial charge < -0.3 is 9.67 Å². The Morgan fingerprint density at radius 3 is 2.84 bits per heavy atom. The molecule has 0 amide bonds. The van der Waals surface area contributed by atoms with Crippen LogP contribution >= 0.6 is 0 Å². The van der Waals surface area contributed by atoms with Crippen LogP contribution in [0.25, 0.3) is 0 Å². The van der Waals surface area contributed by atoms with Gasteiger partial charge in [-0.1, -0.05) is 12.1 Å². The molecule has 0 spiro atoms. The maximum atomic E-state index is 11.3. The van der Waals surface area contributed by atoms with E-state index in [-0.39, 0.29) is 5.56 Å². The van der Waals surface area contributed by atoms with E-state index in [0.717, 1.165) is 5.56 Å². The molecular weight excluding hydrogens is 244 g/mol. The van der Waals surface area contributed by atoms with E-state index in [1.54, 1.807) is 22.8 Å². The van der Waals surface area contributed by atoms with Crippen LogP contribution in [0.1, 0.15) is 21.5 Å². The van der Waals surface area contributed by atoms with Crippen molar-refractivity contribution in [1.82, 2.24) is 4.57 Å². The van der Waals surface area contributed by atoms with Crippen molar-refractivity contribution in [1.29, 1.82) is 5.26 Å². The third-order valence-corrected chi connectivity index (χ3v) is 2.63. The monoisotopic (exact) mass is 254 g/mol. The molecule has 0 aliphatic rings. The van der Waals surface area contributed by atoms with Gasteiger partial charge in [0.2, 0.25) is 0 Å². The summed E-state index contributed by atoms with van der Waals surface area (Å²) in [4.78, 5) is 22.2. The fraction of sp³-hybridized carbons (Fsp3) is 0.0714. The van der Waals surface area contributed by atoms with Crippen LogP contribution in [0.5, 0.6) is 0 Å². The van der Waals surface area contributed by atoms with Crippen molar-refractivity contribution in [3.05, 3.63) is 69.6 Å². The Kier molecular flexibility index (Phi) is 3.44. The van der Waals surface area contributed by atoms with E-state index in [1.807, 2.05) is 12.1 Å². The Morgan fingerprint density at radius 2 is 2.16 bits per heavy atom. The van der Waals surface area contributed by atoms with E-state index >= 15 is 0 Å². The third kappa shape index (κ3) is 2.87. The molecule has 19 heavy (non-hydrogen) atoms. The zero-order valence-electron chi connectivity index (χ0n) is 9.91. The van der Waals surface area contributed by atoms with Crippen LogP contribution in [-0.2, 0) is 6.54 Å². The number of carboxylic acids is 1. The van der Waals surface area contributed by atoms with E-state index in [9.17, 15) is 9.59 Å². The quantitative estimate of drug-likeness (QED) is 0.898. The summed E-state index contributed by atoms with van der Waals surface area (Å²) < 4.78 is 1.60. The maximum absolute atomic E-state index is 11.3. The van der Waals surface area contributed by atoms with E-state index < -0.39 is 11.4 Å². The van der Waals surface area contributed by atoms with Crippen molar-refractivity contribution in [3.8, 4) is 6.07 Å². The second kappa shape index (κ2) is 5.19. The van der Waals surface area contributed by atoms with Crippen molar-refractivity contribution in [2.75, 3.05) is 0 Å². The average Bonchev–Trinajstić information content (AvgIpc) is 2.41. The smallest absolute Gasteiger partial charge is 0.341 e. The average molecular weight is 254 g/mol. The number of carboxylic acid groups (broad SMARTS) is 1. The van der Waals surface area contributed by atoms with E-state index in [0.29, 0.717) is 12.1 Å². The number of pyridine rings is 1. The molecule has 2 rings (SSSR count). The molecule has 0 saturated heterocycles. The molecule has 0 bridgehead atoms. The summed E-state index contributed by atoms with van der Waals surface area (Å²) in [6.07, 6.45) is 2.82. The molecule has 5 nitrogen and oxygen atoms in total. The lowest BCUT2D eigenvalue weighted by Gasteiger charge is -2.07. The van der Waals surface area contributed by atoms with Gasteiger partial charge in [0.15, 0.2) is 5.43 Å². The van der Waals surface area contributed by atoms with Crippen LogP contribution < -0.4 is 5.43 Å². The number of hydrogen-bond donors (Lipinski definition) is 1. The molecule has 0 fully saturated rings. The third-order valence-electron chi connectivity index (χ3n) is 2.63. The van der Waals surface area contributed by atoms with Crippen LogP contribution in [0.3, 0.4) is 0 Å². The maximum Gasteiger partial charge on any atom is 0.341 e. The van der Waals surface area contributed by atoms with Crippen molar-refractivity contribution in [2.24, 2.45) is 0 Å². The van der Waals surface area contributed by atoms with Crippen molar-refractivity contribution < 1.29 is 9.90 Å². The van der Waals surface area contributed by atoms with Gasteiger partial charge in [0.25, 0.3) is 0 Å². The largest absolute Gasteiger partial charge is 0.477 e. The first-order valence-corrected chi connectivity index (χ1v) is 5.52. The highest BCUT2D eigenvalue weighted by molar-refractivity contribution is 5.86. The predicted octanol–water partition coefficient (Wildman–Crippen LogP) is 1.47. The van der Waals surface area contributed by atoms with Gasteiger partial charge in [-0.05, 0) is 17.7 Å². The molecule has 0 radical (unpaired) electrons. The van der Waals surface area contributed by atoms with Crippen LogP contribution in [0.2, 0.25) is 0 Å². The van der Waals surface area contributed by atoms with Crippen LogP contribution in [-0.4, -0.2) is 15.6 Å². The number of aromatic nitrogens is 1. The predicted molar refractivity (Wildman–Crippen MR) is 67.9 cm³/mol. The molecule has 1 N–H and O–H groups in total. The van der Waals surface area contributed by atoms with Gasteiger partial charge in [0, 0.05) is 25.0 Å². The van der Waals surface area contributed by atoms with Crippen molar-refractivity contribution >= 4 is 5.97 Å². The summed E-state index contributed by atoms with van der Waals surface area (Å²) in [5.74, 6) is -1.25. The van der Waals surface area contributed by atoms with E-state index in [2.05, 4.69) is 0 Å². The number of nitrogens with zero attached hydrogens (tertiary/aromatic N) is 2. The van der Waals surface area contributed by atoms with Gasteiger partial charge in [-0.2, -0.15) is 5.26 Å². The topological polar surface area (TPSA) is 83.1 Å². The minimum Gasteiger partial charge on any atom is -0.477 e. The van der Waals surface area contributed by atoms with E-state index in [4.69, 9.17) is 10.4 Å². The molecule has 0 atom stereocenters. The molecule has 2 aromatic rings. The summed E-state index contributed by atoms with van der Waals surface area (Å²) in [6.45, 7) is 0.399. The van der Waals surface area contributed by atoms with Gasteiger partial charge in [-0.15, -0.1) is 0 Å². The minimum atomic E-state index is -1.25. The first-order chi connectivity index (χ1) is 9.10. The number of carbonyl (C=O) groups is 1. The second-order valence-corrected chi connectivity index (χ2v) is 4.01. The molecule has 0 aliphatic carbocycles. The molecule has 0 unspecified atom stereocenters. The van der Waals surface area contributed by atoms with Crippen molar-refractivity contribution in [2.45, 2.75) is 6.54 Å². The summed E-state index contributed by atoms with van der Waals surface area (Å²) in [5, 5.41) is 17.7. The number of aromatic carboxylic acids is 1. The van der Waals surface area contributed by atoms with Crippen molar-refractivity contribution in [3.63, 3.8) is 0 Å². The van der Waals surface area contributed by atoms with Crippen LogP contribution in [0.15, 0.2) is 47.5 Å². The molecule has 1 aromatic carbocycles. The molecular formula is C14H10N2O3. The highest BCUT2D eigenvalue weighted by atomic mass is 16.4. The lowest BCUT2D eigenvalue weighted by molar-refractivity contribution is 0.0694. The van der Waals surface area contributed by atoms with Crippen LogP contribution in [0.4, 0.5) is 0 Å². The Balaban J connectivity index is 2.33. The molecule has 1 heterocycles. The fourth-order valence-electron chi connectivity index (χ4n) is 1.73. The summed E-state index contributed by atoms with van der Waals surface area (Å²) in [6, 6.07) is 10.3. The molecule has 5 heteroatoms. The Hall–Kier alpha value is -2.87. The molecule has 1 aromatic heterocycles. The van der Waals surface area contributed by atoms with E-state index in [1.165, 1.54) is 18.5 Å². The first-order valence-electron chi connectivity index (χ1n) is 5.52. The minimum absolute atomic E-state index is 0.265. The molecule has 0 aliphatic heterocycles. The second-order valence-electron chi connectivity index (χ2n) is 4.01. The molecule has 0 saturated carbocycles. The first kappa shape index (κ1) is 12.6. The summed E-state index contributed by atoms with van der Waals surface area (Å²) >= 11 is 0. The number of rotatable bonds is 3. The Bertz CT molecular complexity index is 726. The van der Waals surface area contributed by atoms with Gasteiger partial charge in [-0.25, -0.2) is 4.79 Å². The molecule has 94 valence electrons.